The topological polar surface area (TPSA) is 50.4 Å². The zero-order valence-corrected chi connectivity index (χ0v) is 12.5. The number of amides is 1. The summed E-state index contributed by atoms with van der Waals surface area (Å²) in [5.74, 6) is -0.0533. The summed E-state index contributed by atoms with van der Waals surface area (Å²) >= 11 is 0. The predicted octanol–water partition coefficient (Wildman–Crippen LogP) is 2.86. The summed E-state index contributed by atoms with van der Waals surface area (Å²) in [4.78, 5) is 12.2. The van der Waals surface area contributed by atoms with Gasteiger partial charge in [-0.2, -0.15) is 0 Å². The number of carbonyl (C=O) groups excluding carboxylic acids is 1. The molecular weight excluding hydrogens is 252 g/mol. The van der Waals surface area contributed by atoms with Crippen molar-refractivity contribution in [2.24, 2.45) is 0 Å². The largest absolute Gasteiger partial charge is 0.365 e. The van der Waals surface area contributed by atoms with E-state index < -0.39 is 5.60 Å². The third-order valence-electron chi connectivity index (χ3n) is 3.88. The van der Waals surface area contributed by atoms with Gasteiger partial charge in [-0.1, -0.05) is 19.1 Å². The predicted molar refractivity (Wildman–Crippen MR) is 80.8 cm³/mol. The molecule has 0 aromatic heterocycles. The molecule has 0 aliphatic carbocycles. The van der Waals surface area contributed by atoms with Gasteiger partial charge in [-0.25, -0.2) is 0 Å². The molecule has 2 unspecified atom stereocenters. The maximum Gasteiger partial charge on any atom is 0.256 e. The van der Waals surface area contributed by atoms with Crippen LogP contribution < -0.4 is 10.6 Å². The number of ether oxygens (including phenoxy) is 1. The first kappa shape index (κ1) is 15.0. The SMILES string of the molecule is CCNC(C)c1ccc(NC(=O)C2(C)CCCO2)cc1. The maximum absolute atomic E-state index is 12.2. The van der Waals surface area contributed by atoms with Gasteiger partial charge in [-0.3, -0.25) is 4.79 Å². The lowest BCUT2D eigenvalue weighted by Gasteiger charge is -2.22. The van der Waals surface area contributed by atoms with Crippen LogP contribution in [0.15, 0.2) is 24.3 Å². The van der Waals surface area contributed by atoms with E-state index in [9.17, 15) is 4.79 Å². The zero-order valence-electron chi connectivity index (χ0n) is 12.5. The van der Waals surface area contributed by atoms with Crippen molar-refractivity contribution in [2.75, 3.05) is 18.5 Å². The Bertz CT molecular complexity index is 450. The van der Waals surface area contributed by atoms with Gasteiger partial charge >= 0.3 is 0 Å². The molecule has 2 N–H and O–H groups in total. The lowest BCUT2D eigenvalue weighted by atomic mass is 10.0. The molecule has 0 spiro atoms. The average Bonchev–Trinajstić information content (AvgIpc) is 2.88. The van der Waals surface area contributed by atoms with Crippen molar-refractivity contribution >= 4 is 11.6 Å². The molecule has 0 radical (unpaired) electrons. The van der Waals surface area contributed by atoms with E-state index in [4.69, 9.17) is 4.74 Å². The molecule has 4 heteroatoms. The highest BCUT2D eigenvalue weighted by Gasteiger charge is 2.37. The van der Waals surface area contributed by atoms with Crippen molar-refractivity contribution in [2.45, 2.75) is 45.3 Å². The highest BCUT2D eigenvalue weighted by atomic mass is 16.5. The number of benzene rings is 1. The Hall–Kier alpha value is -1.39. The first-order valence-corrected chi connectivity index (χ1v) is 7.34. The van der Waals surface area contributed by atoms with Crippen LogP contribution in [0.2, 0.25) is 0 Å². The molecular formula is C16H24N2O2. The molecule has 1 aromatic rings. The van der Waals surface area contributed by atoms with E-state index in [1.807, 2.05) is 31.2 Å². The lowest BCUT2D eigenvalue weighted by Crippen LogP contribution is -2.39. The summed E-state index contributed by atoms with van der Waals surface area (Å²) in [5, 5.41) is 6.30. The van der Waals surface area contributed by atoms with Gasteiger partial charge in [-0.05, 0) is 50.9 Å². The Morgan fingerprint density at radius 3 is 2.65 bits per heavy atom. The first-order valence-electron chi connectivity index (χ1n) is 7.34. The van der Waals surface area contributed by atoms with E-state index in [1.165, 1.54) is 5.56 Å². The molecule has 1 heterocycles. The fourth-order valence-electron chi connectivity index (χ4n) is 2.50. The van der Waals surface area contributed by atoms with Crippen molar-refractivity contribution < 1.29 is 9.53 Å². The van der Waals surface area contributed by atoms with Crippen LogP contribution in [0.5, 0.6) is 0 Å². The van der Waals surface area contributed by atoms with E-state index in [0.29, 0.717) is 12.6 Å². The van der Waals surface area contributed by atoms with Gasteiger partial charge in [0.05, 0.1) is 0 Å². The van der Waals surface area contributed by atoms with Crippen LogP contribution in [-0.2, 0) is 9.53 Å². The molecule has 2 rings (SSSR count). The molecule has 1 aromatic carbocycles. The Balaban J connectivity index is 1.98. The minimum absolute atomic E-state index is 0.0533. The zero-order chi connectivity index (χ0) is 14.6. The average molecular weight is 276 g/mol. The lowest BCUT2D eigenvalue weighted by molar-refractivity contribution is -0.133. The van der Waals surface area contributed by atoms with E-state index in [-0.39, 0.29) is 5.91 Å². The van der Waals surface area contributed by atoms with Gasteiger partial charge < -0.3 is 15.4 Å². The number of carbonyl (C=O) groups is 1. The highest BCUT2D eigenvalue weighted by Crippen LogP contribution is 2.26. The molecule has 1 saturated heterocycles. The molecule has 2 atom stereocenters. The molecule has 1 aliphatic heterocycles. The minimum atomic E-state index is -0.671. The second-order valence-corrected chi connectivity index (χ2v) is 5.54. The van der Waals surface area contributed by atoms with Crippen LogP contribution in [0.3, 0.4) is 0 Å². The molecule has 0 saturated carbocycles. The minimum Gasteiger partial charge on any atom is -0.365 e. The summed E-state index contributed by atoms with van der Waals surface area (Å²) in [6, 6.07) is 8.29. The highest BCUT2D eigenvalue weighted by molar-refractivity contribution is 5.97. The molecule has 1 amide bonds. The summed E-state index contributed by atoms with van der Waals surface area (Å²) in [5.41, 5.74) is 1.36. The second-order valence-electron chi connectivity index (χ2n) is 5.54. The van der Waals surface area contributed by atoms with Gasteiger partial charge in [-0.15, -0.1) is 0 Å². The monoisotopic (exact) mass is 276 g/mol. The quantitative estimate of drug-likeness (QED) is 0.869. The van der Waals surface area contributed by atoms with Gasteiger partial charge in [0, 0.05) is 18.3 Å². The third kappa shape index (κ3) is 3.38. The smallest absolute Gasteiger partial charge is 0.256 e. The van der Waals surface area contributed by atoms with E-state index in [0.717, 1.165) is 25.1 Å². The van der Waals surface area contributed by atoms with E-state index in [1.54, 1.807) is 0 Å². The summed E-state index contributed by atoms with van der Waals surface area (Å²) in [6.45, 7) is 7.69. The maximum atomic E-state index is 12.2. The standard InChI is InChI=1S/C16H24N2O2/c1-4-17-12(2)13-6-8-14(9-7-13)18-15(19)16(3)10-5-11-20-16/h6-9,12,17H,4-5,10-11H2,1-3H3,(H,18,19). The molecule has 20 heavy (non-hydrogen) atoms. The van der Waals surface area contributed by atoms with Gasteiger partial charge in [0.15, 0.2) is 0 Å². The van der Waals surface area contributed by atoms with Crippen molar-refractivity contribution in [3.05, 3.63) is 29.8 Å². The van der Waals surface area contributed by atoms with Crippen LogP contribution in [-0.4, -0.2) is 24.7 Å². The van der Waals surface area contributed by atoms with Crippen molar-refractivity contribution in [1.29, 1.82) is 0 Å². The first-order chi connectivity index (χ1) is 9.55. The number of hydrogen-bond acceptors (Lipinski definition) is 3. The summed E-state index contributed by atoms with van der Waals surface area (Å²) in [6.07, 6.45) is 1.73. The number of hydrogen-bond donors (Lipinski definition) is 2. The number of rotatable bonds is 5. The van der Waals surface area contributed by atoms with Gasteiger partial charge in [0.1, 0.15) is 5.60 Å². The van der Waals surface area contributed by atoms with Crippen molar-refractivity contribution in [3.63, 3.8) is 0 Å². The number of nitrogens with one attached hydrogen (secondary N) is 2. The van der Waals surface area contributed by atoms with E-state index in [2.05, 4.69) is 24.5 Å². The Kier molecular flexibility index (Phi) is 4.78. The fourth-order valence-corrected chi connectivity index (χ4v) is 2.50. The Morgan fingerprint density at radius 1 is 1.40 bits per heavy atom. The van der Waals surface area contributed by atoms with Crippen LogP contribution in [0.25, 0.3) is 0 Å². The second kappa shape index (κ2) is 6.37. The van der Waals surface area contributed by atoms with Crippen LogP contribution in [0, 0.1) is 0 Å². The Labute approximate surface area is 120 Å². The van der Waals surface area contributed by atoms with Gasteiger partial charge in [0.2, 0.25) is 0 Å². The summed E-state index contributed by atoms with van der Waals surface area (Å²) in [7, 11) is 0. The fraction of sp³-hybridized carbons (Fsp3) is 0.562. The molecule has 1 aliphatic rings. The van der Waals surface area contributed by atoms with Crippen molar-refractivity contribution in [1.82, 2.24) is 5.32 Å². The van der Waals surface area contributed by atoms with Crippen LogP contribution in [0.4, 0.5) is 5.69 Å². The van der Waals surface area contributed by atoms with Crippen molar-refractivity contribution in [3.8, 4) is 0 Å². The molecule has 1 fully saturated rings. The molecule has 4 nitrogen and oxygen atoms in total. The molecule has 0 bridgehead atoms. The third-order valence-corrected chi connectivity index (χ3v) is 3.88. The van der Waals surface area contributed by atoms with Crippen LogP contribution in [0.1, 0.15) is 45.2 Å². The Morgan fingerprint density at radius 2 is 2.10 bits per heavy atom. The van der Waals surface area contributed by atoms with Crippen LogP contribution >= 0.6 is 0 Å². The van der Waals surface area contributed by atoms with E-state index >= 15 is 0 Å². The number of anilines is 1. The normalized spacial score (nSPS) is 23.6. The summed E-state index contributed by atoms with van der Waals surface area (Å²) < 4.78 is 5.55. The van der Waals surface area contributed by atoms with Gasteiger partial charge in [0.25, 0.3) is 5.91 Å². The molecule has 110 valence electrons.